The van der Waals surface area contributed by atoms with E-state index in [1.807, 2.05) is 58.9 Å². The summed E-state index contributed by atoms with van der Waals surface area (Å²) in [5.74, 6) is -0.484. The molecule has 1 saturated heterocycles. The number of rotatable bonds is 7. The van der Waals surface area contributed by atoms with Gasteiger partial charge in [0.25, 0.3) is 11.7 Å². The SMILES string of the molecule is CC(C)Oc1cccc(/C(O)=C2/C(=O)C(=O)N(Cc3ccc(OC(C)(C)C)cc3)C2c2ccc(O)cc2)c1. The molecule has 0 aromatic heterocycles. The number of Topliss-reactive ketones (excluding diaryl/α,β-unsaturated/α-hetero) is 1. The number of aromatic hydroxyl groups is 1. The van der Waals surface area contributed by atoms with Gasteiger partial charge in [-0.3, -0.25) is 9.59 Å². The number of hydrogen-bond acceptors (Lipinski definition) is 6. The highest BCUT2D eigenvalue weighted by atomic mass is 16.5. The number of phenolic OH excluding ortho intramolecular Hbond substituents is 1. The second kappa shape index (κ2) is 10.6. The molecule has 4 rings (SSSR count). The van der Waals surface area contributed by atoms with E-state index < -0.39 is 17.7 Å². The lowest BCUT2D eigenvalue weighted by Crippen LogP contribution is -2.29. The Kier molecular flexibility index (Phi) is 7.49. The van der Waals surface area contributed by atoms with Gasteiger partial charge in [0.1, 0.15) is 28.6 Å². The first-order valence-corrected chi connectivity index (χ1v) is 12.6. The summed E-state index contributed by atoms with van der Waals surface area (Å²) >= 11 is 0. The smallest absolute Gasteiger partial charge is 0.295 e. The number of aliphatic hydroxyl groups is 1. The summed E-state index contributed by atoms with van der Waals surface area (Å²) in [4.78, 5) is 28.1. The standard InChI is InChI=1S/C31H33NO6/c1-19(2)37-25-8-6-7-22(17-25)28(34)26-27(21-11-13-23(33)14-12-21)32(30(36)29(26)35)18-20-9-15-24(16-10-20)38-31(3,4)5/h6-17,19,27,33-34H,18H2,1-5H3/b28-26-. The molecule has 1 atom stereocenters. The normalized spacial score (nSPS) is 17.2. The number of likely N-dealkylation sites (tertiary alicyclic amines) is 1. The number of amides is 1. The summed E-state index contributed by atoms with van der Waals surface area (Å²) in [5.41, 5.74) is 1.39. The number of carbonyl (C=O) groups excluding carboxylic acids is 2. The van der Waals surface area contributed by atoms with Gasteiger partial charge < -0.3 is 24.6 Å². The zero-order valence-electron chi connectivity index (χ0n) is 22.3. The number of hydrogen-bond donors (Lipinski definition) is 2. The van der Waals surface area contributed by atoms with Crippen LogP contribution in [-0.2, 0) is 16.1 Å². The third kappa shape index (κ3) is 5.99. The van der Waals surface area contributed by atoms with Crippen molar-refractivity contribution in [3.05, 3.63) is 95.1 Å². The summed E-state index contributed by atoms with van der Waals surface area (Å²) in [7, 11) is 0. The molecular formula is C31H33NO6. The molecule has 0 saturated carbocycles. The topological polar surface area (TPSA) is 96.3 Å². The molecule has 7 heteroatoms. The van der Waals surface area contributed by atoms with Crippen LogP contribution in [0.15, 0.2) is 78.4 Å². The van der Waals surface area contributed by atoms with E-state index in [0.717, 1.165) is 5.56 Å². The quantitative estimate of drug-likeness (QED) is 0.228. The van der Waals surface area contributed by atoms with Crippen LogP contribution in [0, 0.1) is 0 Å². The number of aliphatic hydroxyl groups excluding tert-OH is 1. The number of ketones is 1. The maximum Gasteiger partial charge on any atom is 0.295 e. The molecule has 0 aliphatic carbocycles. The van der Waals surface area contributed by atoms with E-state index in [1.165, 1.54) is 17.0 Å². The van der Waals surface area contributed by atoms with E-state index in [9.17, 15) is 19.8 Å². The van der Waals surface area contributed by atoms with Gasteiger partial charge in [0.15, 0.2) is 0 Å². The first-order chi connectivity index (χ1) is 17.9. The zero-order chi connectivity index (χ0) is 27.6. The maximum atomic E-state index is 13.3. The van der Waals surface area contributed by atoms with Crippen LogP contribution >= 0.6 is 0 Å². The van der Waals surface area contributed by atoms with Crippen molar-refractivity contribution < 1.29 is 29.3 Å². The molecule has 1 heterocycles. The van der Waals surface area contributed by atoms with Crippen LogP contribution in [0.1, 0.15) is 57.4 Å². The Labute approximate surface area is 222 Å². The van der Waals surface area contributed by atoms with Gasteiger partial charge in [-0.25, -0.2) is 0 Å². The van der Waals surface area contributed by atoms with Crippen molar-refractivity contribution in [2.24, 2.45) is 0 Å². The van der Waals surface area contributed by atoms with Gasteiger partial charge >= 0.3 is 0 Å². The lowest BCUT2D eigenvalue weighted by molar-refractivity contribution is -0.140. The van der Waals surface area contributed by atoms with Gasteiger partial charge in [-0.1, -0.05) is 36.4 Å². The first-order valence-electron chi connectivity index (χ1n) is 12.6. The predicted molar refractivity (Wildman–Crippen MR) is 145 cm³/mol. The monoisotopic (exact) mass is 515 g/mol. The molecule has 0 spiro atoms. The number of nitrogens with zero attached hydrogens (tertiary/aromatic N) is 1. The Morgan fingerprint density at radius 2 is 1.61 bits per heavy atom. The molecule has 1 amide bonds. The van der Waals surface area contributed by atoms with Crippen molar-refractivity contribution in [1.29, 1.82) is 0 Å². The summed E-state index contributed by atoms with van der Waals surface area (Å²) in [5, 5.41) is 21.2. The van der Waals surface area contributed by atoms with Gasteiger partial charge in [-0.2, -0.15) is 0 Å². The lowest BCUT2D eigenvalue weighted by Gasteiger charge is -2.26. The van der Waals surface area contributed by atoms with Crippen molar-refractivity contribution in [2.45, 2.75) is 58.9 Å². The van der Waals surface area contributed by atoms with Crippen LogP contribution in [0.4, 0.5) is 0 Å². The Morgan fingerprint density at radius 3 is 2.21 bits per heavy atom. The number of ether oxygens (including phenoxy) is 2. The minimum atomic E-state index is -0.851. The van der Waals surface area contributed by atoms with Gasteiger partial charge in [-0.15, -0.1) is 0 Å². The van der Waals surface area contributed by atoms with Crippen molar-refractivity contribution in [1.82, 2.24) is 4.90 Å². The van der Waals surface area contributed by atoms with Crippen molar-refractivity contribution in [3.8, 4) is 17.2 Å². The number of benzene rings is 3. The molecule has 1 fully saturated rings. The second-order valence-electron chi connectivity index (χ2n) is 10.6. The molecule has 198 valence electrons. The second-order valence-corrected chi connectivity index (χ2v) is 10.6. The van der Waals surface area contributed by atoms with Gasteiger partial charge in [0.05, 0.1) is 17.7 Å². The van der Waals surface area contributed by atoms with Crippen LogP contribution in [-0.4, -0.2) is 38.5 Å². The molecule has 1 unspecified atom stereocenters. The Bertz CT molecular complexity index is 1350. The summed E-state index contributed by atoms with van der Waals surface area (Å²) in [6.45, 7) is 9.81. The molecule has 2 N–H and O–H groups in total. The lowest BCUT2D eigenvalue weighted by atomic mass is 9.95. The number of carbonyl (C=O) groups is 2. The fraction of sp³-hybridized carbons (Fsp3) is 0.290. The third-order valence-electron chi connectivity index (χ3n) is 5.93. The Hall–Kier alpha value is -4.26. The first kappa shape index (κ1) is 26.8. The van der Waals surface area contributed by atoms with Gasteiger partial charge in [0.2, 0.25) is 0 Å². The average molecular weight is 516 g/mol. The minimum Gasteiger partial charge on any atom is -0.508 e. The predicted octanol–water partition coefficient (Wildman–Crippen LogP) is 5.98. The van der Waals surface area contributed by atoms with E-state index in [-0.39, 0.29) is 35.3 Å². The average Bonchev–Trinajstić information content (AvgIpc) is 3.09. The van der Waals surface area contributed by atoms with E-state index in [2.05, 4.69) is 0 Å². The van der Waals surface area contributed by atoms with Crippen LogP contribution < -0.4 is 9.47 Å². The van der Waals surface area contributed by atoms with Gasteiger partial charge in [0, 0.05) is 12.1 Å². The van der Waals surface area contributed by atoms with E-state index in [1.54, 1.807) is 36.4 Å². The van der Waals surface area contributed by atoms with E-state index in [0.29, 0.717) is 22.6 Å². The van der Waals surface area contributed by atoms with Crippen molar-refractivity contribution >= 4 is 17.4 Å². The Morgan fingerprint density at radius 1 is 0.947 bits per heavy atom. The fourth-order valence-electron chi connectivity index (χ4n) is 4.40. The molecule has 0 radical (unpaired) electrons. The summed E-state index contributed by atoms with van der Waals surface area (Å²) < 4.78 is 11.6. The van der Waals surface area contributed by atoms with Crippen molar-refractivity contribution in [3.63, 3.8) is 0 Å². The number of phenols is 1. The largest absolute Gasteiger partial charge is 0.508 e. The summed E-state index contributed by atoms with van der Waals surface area (Å²) in [6.07, 6.45) is -0.0739. The highest BCUT2D eigenvalue weighted by Crippen LogP contribution is 2.41. The van der Waals surface area contributed by atoms with Crippen molar-refractivity contribution in [2.75, 3.05) is 0 Å². The third-order valence-corrected chi connectivity index (χ3v) is 5.93. The van der Waals surface area contributed by atoms with E-state index >= 15 is 0 Å². The minimum absolute atomic E-state index is 0.0185. The van der Waals surface area contributed by atoms with Crippen LogP contribution in [0.3, 0.4) is 0 Å². The zero-order valence-corrected chi connectivity index (χ0v) is 22.3. The molecule has 3 aromatic rings. The van der Waals surface area contributed by atoms with Crippen LogP contribution in [0.2, 0.25) is 0 Å². The molecule has 38 heavy (non-hydrogen) atoms. The highest BCUT2D eigenvalue weighted by molar-refractivity contribution is 6.46. The summed E-state index contributed by atoms with van der Waals surface area (Å²) in [6, 6.07) is 19.6. The molecule has 3 aromatic carbocycles. The highest BCUT2D eigenvalue weighted by Gasteiger charge is 2.46. The fourth-order valence-corrected chi connectivity index (χ4v) is 4.40. The Balaban J connectivity index is 1.75. The van der Waals surface area contributed by atoms with E-state index in [4.69, 9.17) is 9.47 Å². The molecule has 7 nitrogen and oxygen atoms in total. The van der Waals surface area contributed by atoms with Crippen LogP contribution in [0.25, 0.3) is 5.76 Å². The molecule has 1 aliphatic rings. The molecule has 1 aliphatic heterocycles. The maximum absolute atomic E-state index is 13.3. The van der Waals surface area contributed by atoms with Gasteiger partial charge in [-0.05, 0) is 82.1 Å². The molecule has 0 bridgehead atoms. The van der Waals surface area contributed by atoms with Crippen LogP contribution in [0.5, 0.6) is 17.2 Å². The molecular weight excluding hydrogens is 482 g/mol.